The van der Waals surface area contributed by atoms with Gasteiger partial charge in [0.2, 0.25) is 5.91 Å². The number of hydrogen-bond acceptors (Lipinski definition) is 2. The van der Waals surface area contributed by atoms with Gasteiger partial charge in [0, 0.05) is 24.5 Å². The molecule has 0 aromatic carbocycles. The third kappa shape index (κ3) is 4.35. The molecule has 0 spiro atoms. The Morgan fingerprint density at radius 3 is 2.38 bits per heavy atom. The van der Waals surface area contributed by atoms with Gasteiger partial charge in [0.25, 0.3) is 0 Å². The summed E-state index contributed by atoms with van der Waals surface area (Å²) in [4.78, 5) is 15.3. The zero-order valence-corrected chi connectivity index (χ0v) is 14.8. The molecule has 4 heteroatoms. The van der Waals surface area contributed by atoms with E-state index in [9.17, 15) is 4.79 Å². The van der Waals surface area contributed by atoms with Gasteiger partial charge in [-0.1, -0.05) is 26.7 Å². The van der Waals surface area contributed by atoms with Crippen molar-refractivity contribution >= 4 is 18.3 Å². The Morgan fingerprint density at radius 1 is 1.24 bits per heavy atom. The summed E-state index contributed by atoms with van der Waals surface area (Å²) in [7, 11) is 0. The lowest BCUT2D eigenvalue weighted by Crippen LogP contribution is -2.50. The van der Waals surface area contributed by atoms with E-state index < -0.39 is 0 Å². The molecule has 0 radical (unpaired) electrons. The van der Waals surface area contributed by atoms with Crippen LogP contribution in [0.2, 0.25) is 0 Å². The minimum Gasteiger partial charge on any atom is -0.342 e. The summed E-state index contributed by atoms with van der Waals surface area (Å²) >= 11 is 0. The maximum Gasteiger partial charge on any atom is 0.228 e. The van der Waals surface area contributed by atoms with Crippen LogP contribution in [-0.4, -0.2) is 29.9 Å². The maximum absolute atomic E-state index is 13.1. The van der Waals surface area contributed by atoms with Crippen molar-refractivity contribution in [1.29, 1.82) is 0 Å². The Bertz CT molecular complexity index is 338. The van der Waals surface area contributed by atoms with Gasteiger partial charge >= 0.3 is 0 Å². The number of hydrogen-bond donors (Lipinski definition) is 1. The molecule has 3 nitrogen and oxygen atoms in total. The van der Waals surface area contributed by atoms with Crippen molar-refractivity contribution < 1.29 is 4.79 Å². The molecule has 0 aromatic rings. The first-order valence-corrected chi connectivity index (χ1v) is 8.49. The molecule has 0 bridgehead atoms. The van der Waals surface area contributed by atoms with E-state index in [4.69, 9.17) is 5.73 Å². The second-order valence-corrected chi connectivity index (χ2v) is 7.60. The van der Waals surface area contributed by atoms with Crippen molar-refractivity contribution in [2.24, 2.45) is 23.0 Å². The number of carbonyl (C=O) groups is 1. The molecule has 2 unspecified atom stereocenters. The largest absolute Gasteiger partial charge is 0.342 e. The van der Waals surface area contributed by atoms with Crippen LogP contribution < -0.4 is 5.73 Å². The molecule has 1 saturated carbocycles. The summed E-state index contributed by atoms with van der Waals surface area (Å²) in [6, 6.07) is 0.204. The highest BCUT2D eigenvalue weighted by molar-refractivity contribution is 5.85. The summed E-state index contributed by atoms with van der Waals surface area (Å²) in [5.41, 5.74) is 6.01. The first kappa shape index (κ1) is 18.8. The zero-order chi connectivity index (χ0) is 14.8. The summed E-state index contributed by atoms with van der Waals surface area (Å²) in [6.07, 6.45) is 8.01. The molecule has 1 aliphatic heterocycles. The minimum atomic E-state index is -0.0477. The third-order valence-electron chi connectivity index (χ3n) is 5.30. The van der Waals surface area contributed by atoms with Crippen molar-refractivity contribution in [3.8, 4) is 0 Å². The standard InChI is InChI=1S/C17H32N2O.ClH/c1-13(2)11-17(8-4-5-9-17)16(20)19-10-6-7-15(12-19)14(3)18;/h13-15H,4-12,18H2,1-3H3;1H. The van der Waals surface area contributed by atoms with E-state index in [1.807, 2.05) is 0 Å². The van der Waals surface area contributed by atoms with E-state index in [0.717, 1.165) is 38.8 Å². The predicted molar refractivity (Wildman–Crippen MR) is 90.6 cm³/mol. The molecular formula is C17H33ClN2O. The lowest BCUT2D eigenvalue weighted by molar-refractivity contribution is -0.145. The minimum absolute atomic E-state index is 0. The van der Waals surface area contributed by atoms with Crippen LogP contribution in [0.5, 0.6) is 0 Å². The van der Waals surface area contributed by atoms with Crippen LogP contribution in [0.25, 0.3) is 0 Å². The molecule has 1 amide bonds. The number of amides is 1. The van der Waals surface area contributed by atoms with Crippen molar-refractivity contribution in [2.75, 3.05) is 13.1 Å². The summed E-state index contributed by atoms with van der Waals surface area (Å²) in [6.45, 7) is 8.40. The highest BCUT2D eigenvalue weighted by Gasteiger charge is 2.44. The Kier molecular flexibility index (Phi) is 6.99. The van der Waals surface area contributed by atoms with Crippen molar-refractivity contribution in [1.82, 2.24) is 4.90 Å². The number of carbonyl (C=O) groups excluding carboxylic acids is 1. The smallest absolute Gasteiger partial charge is 0.228 e. The fourth-order valence-corrected chi connectivity index (χ4v) is 4.30. The van der Waals surface area contributed by atoms with Crippen LogP contribution in [0.3, 0.4) is 0 Å². The number of piperidine rings is 1. The average molecular weight is 317 g/mol. The van der Waals surface area contributed by atoms with Crippen molar-refractivity contribution in [3.05, 3.63) is 0 Å². The van der Waals surface area contributed by atoms with Gasteiger partial charge in [-0.3, -0.25) is 4.79 Å². The van der Waals surface area contributed by atoms with Gasteiger partial charge in [0.05, 0.1) is 0 Å². The predicted octanol–water partition coefficient (Wildman–Crippen LogP) is 3.60. The highest BCUT2D eigenvalue weighted by Crippen LogP contribution is 2.45. The summed E-state index contributed by atoms with van der Waals surface area (Å²) in [5.74, 6) is 1.53. The Morgan fingerprint density at radius 2 is 1.86 bits per heavy atom. The van der Waals surface area contributed by atoms with Crippen LogP contribution in [0.4, 0.5) is 0 Å². The SMILES string of the molecule is CC(C)CC1(C(=O)N2CCCC(C(C)N)C2)CCCC1.Cl. The van der Waals surface area contributed by atoms with Gasteiger partial charge in [-0.05, 0) is 50.9 Å². The fraction of sp³-hybridized carbons (Fsp3) is 0.941. The van der Waals surface area contributed by atoms with E-state index in [2.05, 4.69) is 25.7 Å². The molecule has 2 rings (SSSR count). The summed E-state index contributed by atoms with van der Waals surface area (Å²) < 4.78 is 0. The van der Waals surface area contributed by atoms with E-state index in [-0.39, 0.29) is 23.9 Å². The molecule has 2 atom stereocenters. The van der Waals surface area contributed by atoms with Crippen LogP contribution in [-0.2, 0) is 4.79 Å². The Hall–Kier alpha value is -0.280. The number of halogens is 1. The van der Waals surface area contributed by atoms with Gasteiger partial charge < -0.3 is 10.6 Å². The lowest BCUT2D eigenvalue weighted by Gasteiger charge is -2.40. The van der Waals surface area contributed by atoms with E-state index in [1.165, 1.54) is 19.3 Å². The number of likely N-dealkylation sites (tertiary alicyclic amines) is 1. The molecule has 1 aliphatic carbocycles. The van der Waals surface area contributed by atoms with E-state index in [1.54, 1.807) is 0 Å². The second-order valence-electron chi connectivity index (χ2n) is 7.60. The van der Waals surface area contributed by atoms with Crippen molar-refractivity contribution in [3.63, 3.8) is 0 Å². The fourth-order valence-electron chi connectivity index (χ4n) is 4.30. The molecule has 21 heavy (non-hydrogen) atoms. The molecular weight excluding hydrogens is 284 g/mol. The normalized spacial score (nSPS) is 26.5. The average Bonchev–Trinajstić information content (AvgIpc) is 2.86. The summed E-state index contributed by atoms with van der Waals surface area (Å²) in [5, 5.41) is 0. The van der Waals surface area contributed by atoms with Gasteiger partial charge in [0.1, 0.15) is 0 Å². The monoisotopic (exact) mass is 316 g/mol. The van der Waals surface area contributed by atoms with Crippen LogP contribution in [0, 0.1) is 17.3 Å². The second kappa shape index (κ2) is 7.82. The molecule has 1 saturated heterocycles. The number of nitrogens with two attached hydrogens (primary N) is 1. The molecule has 2 aliphatic rings. The van der Waals surface area contributed by atoms with Crippen LogP contribution in [0.15, 0.2) is 0 Å². The van der Waals surface area contributed by atoms with Crippen molar-refractivity contribution in [2.45, 2.75) is 71.8 Å². The Balaban J connectivity index is 0.00000220. The van der Waals surface area contributed by atoms with E-state index >= 15 is 0 Å². The van der Waals surface area contributed by atoms with Gasteiger partial charge in [-0.25, -0.2) is 0 Å². The first-order chi connectivity index (χ1) is 9.44. The van der Waals surface area contributed by atoms with Crippen LogP contribution in [0.1, 0.15) is 65.7 Å². The van der Waals surface area contributed by atoms with Gasteiger partial charge in [0.15, 0.2) is 0 Å². The zero-order valence-electron chi connectivity index (χ0n) is 13.9. The topological polar surface area (TPSA) is 46.3 Å². The highest BCUT2D eigenvalue weighted by atomic mass is 35.5. The molecule has 1 heterocycles. The van der Waals surface area contributed by atoms with Crippen LogP contribution >= 0.6 is 12.4 Å². The number of nitrogens with zero attached hydrogens (tertiary/aromatic N) is 1. The lowest BCUT2D eigenvalue weighted by atomic mass is 9.76. The van der Waals surface area contributed by atoms with Gasteiger partial charge in [-0.15, -0.1) is 12.4 Å². The van der Waals surface area contributed by atoms with Gasteiger partial charge in [-0.2, -0.15) is 0 Å². The van der Waals surface area contributed by atoms with E-state index in [0.29, 0.717) is 17.7 Å². The molecule has 2 N–H and O–H groups in total. The number of rotatable bonds is 4. The third-order valence-corrected chi connectivity index (χ3v) is 5.30. The molecule has 2 fully saturated rings. The molecule has 0 aromatic heterocycles. The molecule has 124 valence electrons. The quantitative estimate of drug-likeness (QED) is 0.861. The Labute approximate surface area is 136 Å². The first-order valence-electron chi connectivity index (χ1n) is 8.49. The maximum atomic E-state index is 13.1.